The van der Waals surface area contributed by atoms with Crippen molar-refractivity contribution in [3.05, 3.63) is 76.7 Å². The molecule has 0 saturated heterocycles. The van der Waals surface area contributed by atoms with Crippen molar-refractivity contribution in [2.75, 3.05) is 6.54 Å². The minimum Gasteiger partial charge on any atom is -0.457 e. The van der Waals surface area contributed by atoms with Gasteiger partial charge in [-0.2, -0.15) is 18.2 Å². The van der Waals surface area contributed by atoms with Gasteiger partial charge in [0.25, 0.3) is 0 Å². The van der Waals surface area contributed by atoms with Crippen LogP contribution in [0.4, 0.5) is 19.0 Å². The van der Waals surface area contributed by atoms with Crippen LogP contribution in [0.1, 0.15) is 16.8 Å². The summed E-state index contributed by atoms with van der Waals surface area (Å²) in [5.41, 5.74) is 1.14. The van der Waals surface area contributed by atoms with E-state index in [0.29, 0.717) is 16.5 Å². The third-order valence-electron chi connectivity index (χ3n) is 4.10. The van der Waals surface area contributed by atoms with E-state index in [1.165, 1.54) is 18.5 Å². The first kappa shape index (κ1) is 20.1. The van der Waals surface area contributed by atoms with Crippen molar-refractivity contribution in [2.24, 2.45) is 0 Å². The summed E-state index contributed by atoms with van der Waals surface area (Å²) in [7, 11) is 0. The second-order valence-corrected chi connectivity index (χ2v) is 6.55. The number of quaternary nitrogens is 1. The molecule has 3 aromatic rings. The molecule has 1 aromatic heterocycles. The molecule has 8 heteroatoms. The fraction of sp³-hybridized carbons (Fsp3) is 0.200. The molecule has 2 N–H and O–H groups in total. The summed E-state index contributed by atoms with van der Waals surface area (Å²) in [5.74, 6) is 1.63. The van der Waals surface area contributed by atoms with Crippen molar-refractivity contribution < 1.29 is 23.2 Å². The van der Waals surface area contributed by atoms with Crippen molar-refractivity contribution in [1.82, 2.24) is 9.97 Å². The quantitative estimate of drug-likeness (QED) is 0.644. The van der Waals surface area contributed by atoms with Gasteiger partial charge in [-0.25, -0.2) is 4.98 Å². The summed E-state index contributed by atoms with van der Waals surface area (Å²) in [6, 6.07) is 12.0. The Kier molecular flexibility index (Phi) is 6.16. The highest BCUT2D eigenvalue weighted by Crippen LogP contribution is 2.31. The van der Waals surface area contributed by atoms with Crippen molar-refractivity contribution in [1.29, 1.82) is 0 Å². The van der Waals surface area contributed by atoms with Crippen LogP contribution in [0, 0.1) is 6.92 Å². The van der Waals surface area contributed by atoms with E-state index in [1.54, 1.807) is 12.1 Å². The molecule has 28 heavy (non-hydrogen) atoms. The summed E-state index contributed by atoms with van der Waals surface area (Å²) < 4.78 is 43.3. The van der Waals surface area contributed by atoms with Crippen LogP contribution >= 0.6 is 11.6 Å². The van der Waals surface area contributed by atoms with Gasteiger partial charge in [0.2, 0.25) is 5.82 Å². The first-order chi connectivity index (χ1) is 13.3. The molecule has 0 radical (unpaired) electrons. The van der Waals surface area contributed by atoms with Gasteiger partial charge < -0.3 is 4.74 Å². The molecule has 1 heterocycles. The third-order valence-corrected chi connectivity index (χ3v) is 4.57. The maximum atomic E-state index is 12.6. The van der Waals surface area contributed by atoms with E-state index in [9.17, 15) is 13.2 Å². The van der Waals surface area contributed by atoms with Gasteiger partial charge in [-0.15, -0.1) is 0 Å². The van der Waals surface area contributed by atoms with Crippen molar-refractivity contribution >= 4 is 17.4 Å². The van der Waals surface area contributed by atoms with Crippen LogP contribution in [0.25, 0.3) is 0 Å². The Balaban J connectivity index is 1.54. The van der Waals surface area contributed by atoms with E-state index < -0.39 is 11.7 Å². The van der Waals surface area contributed by atoms with E-state index in [1.807, 2.05) is 24.4 Å². The number of rotatable bonds is 6. The molecule has 0 unspecified atom stereocenters. The van der Waals surface area contributed by atoms with Crippen LogP contribution in [0.5, 0.6) is 11.5 Å². The number of aromatic nitrogens is 2. The Bertz CT molecular complexity index is 929. The molecule has 0 bridgehead atoms. The summed E-state index contributed by atoms with van der Waals surface area (Å²) in [6.45, 7) is 2.59. The lowest BCUT2D eigenvalue weighted by atomic mass is 10.1. The number of hydrogen-bond acceptors (Lipinski definition) is 3. The van der Waals surface area contributed by atoms with Gasteiger partial charge in [0.15, 0.2) is 0 Å². The van der Waals surface area contributed by atoms with E-state index in [4.69, 9.17) is 16.3 Å². The summed E-state index contributed by atoms with van der Waals surface area (Å²) in [4.78, 5) is 8.20. The summed E-state index contributed by atoms with van der Waals surface area (Å²) in [6.07, 6.45) is -2.08. The SMILES string of the molecule is Cc1ncnc([NH2+]CCc2ccc(Oc3ccc(C(F)(F)F)cc3)cc2)c1Cl. The second-order valence-electron chi connectivity index (χ2n) is 6.17. The molecular weight excluding hydrogens is 391 g/mol. The number of nitrogens with zero attached hydrogens (tertiary/aromatic N) is 2. The molecular formula is C20H18ClF3N3O+. The first-order valence-electron chi connectivity index (χ1n) is 8.57. The van der Waals surface area contributed by atoms with Crippen LogP contribution in [-0.4, -0.2) is 16.5 Å². The predicted octanol–water partition coefficient (Wildman–Crippen LogP) is 4.69. The van der Waals surface area contributed by atoms with Crippen LogP contribution in [0.15, 0.2) is 54.9 Å². The Hall–Kier alpha value is -2.64. The number of benzene rings is 2. The largest absolute Gasteiger partial charge is 0.457 e. The first-order valence-corrected chi connectivity index (χ1v) is 8.95. The lowest BCUT2D eigenvalue weighted by Gasteiger charge is -2.09. The summed E-state index contributed by atoms with van der Waals surface area (Å²) in [5, 5.41) is 2.52. The molecule has 4 nitrogen and oxygen atoms in total. The Morgan fingerprint density at radius 1 is 0.964 bits per heavy atom. The van der Waals surface area contributed by atoms with Gasteiger partial charge in [-0.05, 0) is 48.9 Å². The number of halogens is 4. The molecule has 0 spiro atoms. The van der Waals surface area contributed by atoms with E-state index in [0.717, 1.165) is 42.2 Å². The summed E-state index contributed by atoms with van der Waals surface area (Å²) >= 11 is 6.17. The van der Waals surface area contributed by atoms with E-state index >= 15 is 0 Å². The molecule has 0 saturated carbocycles. The molecule has 146 valence electrons. The molecule has 0 aliphatic rings. The molecule has 0 amide bonds. The highest BCUT2D eigenvalue weighted by Gasteiger charge is 2.30. The number of nitrogens with two attached hydrogens (primary N) is 1. The molecule has 0 aliphatic heterocycles. The molecule has 0 aliphatic carbocycles. The monoisotopic (exact) mass is 408 g/mol. The average molecular weight is 409 g/mol. The molecule has 0 fully saturated rings. The van der Waals surface area contributed by atoms with Gasteiger partial charge >= 0.3 is 6.18 Å². The number of ether oxygens (including phenoxy) is 1. The maximum Gasteiger partial charge on any atom is 0.416 e. The zero-order chi connectivity index (χ0) is 20.1. The minimum atomic E-state index is -4.36. The van der Waals surface area contributed by atoms with Gasteiger partial charge in [0.1, 0.15) is 22.8 Å². The fourth-order valence-corrected chi connectivity index (χ4v) is 2.74. The van der Waals surface area contributed by atoms with Crippen LogP contribution in [0.3, 0.4) is 0 Å². The van der Waals surface area contributed by atoms with E-state index in [-0.39, 0.29) is 0 Å². The number of aryl methyl sites for hydroxylation is 1. The standard InChI is InChI=1S/C20H17ClF3N3O/c1-13-18(21)19(27-12-26-13)25-11-10-14-2-6-16(7-3-14)28-17-8-4-15(5-9-17)20(22,23)24/h2-9,12H,10-11H2,1H3,(H,25,26,27)/p+1. The second kappa shape index (κ2) is 8.58. The van der Waals surface area contributed by atoms with Gasteiger partial charge in [0.05, 0.1) is 17.8 Å². The molecule has 3 rings (SSSR count). The van der Waals surface area contributed by atoms with Gasteiger partial charge in [-0.1, -0.05) is 23.7 Å². The van der Waals surface area contributed by atoms with Crippen molar-refractivity contribution in [3.63, 3.8) is 0 Å². The zero-order valence-corrected chi connectivity index (χ0v) is 15.8. The normalized spacial score (nSPS) is 11.5. The lowest BCUT2D eigenvalue weighted by molar-refractivity contribution is -0.574. The third kappa shape index (κ3) is 5.21. The van der Waals surface area contributed by atoms with Crippen molar-refractivity contribution in [3.8, 4) is 11.5 Å². The Morgan fingerprint density at radius 3 is 2.18 bits per heavy atom. The number of alkyl halides is 3. The highest BCUT2D eigenvalue weighted by atomic mass is 35.5. The fourth-order valence-electron chi connectivity index (χ4n) is 2.57. The smallest absolute Gasteiger partial charge is 0.416 e. The predicted molar refractivity (Wildman–Crippen MR) is 99.9 cm³/mol. The highest BCUT2D eigenvalue weighted by molar-refractivity contribution is 6.32. The number of hydrogen-bond donors (Lipinski definition) is 1. The maximum absolute atomic E-state index is 12.6. The molecule has 0 atom stereocenters. The average Bonchev–Trinajstić information content (AvgIpc) is 2.66. The van der Waals surface area contributed by atoms with Crippen molar-refractivity contribution in [2.45, 2.75) is 19.5 Å². The molecule has 2 aromatic carbocycles. The van der Waals surface area contributed by atoms with Crippen LogP contribution in [-0.2, 0) is 12.6 Å². The van der Waals surface area contributed by atoms with Gasteiger partial charge in [0, 0.05) is 6.42 Å². The van der Waals surface area contributed by atoms with Crippen LogP contribution < -0.4 is 10.1 Å². The Morgan fingerprint density at radius 2 is 1.57 bits per heavy atom. The minimum absolute atomic E-state index is 0.350. The zero-order valence-electron chi connectivity index (χ0n) is 15.0. The lowest BCUT2D eigenvalue weighted by Crippen LogP contribution is -2.79. The van der Waals surface area contributed by atoms with E-state index in [2.05, 4.69) is 9.97 Å². The Labute approximate surface area is 165 Å². The van der Waals surface area contributed by atoms with Gasteiger partial charge in [-0.3, -0.25) is 5.32 Å². The topological polar surface area (TPSA) is 51.6 Å². The van der Waals surface area contributed by atoms with Crippen LogP contribution in [0.2, 0.25) is 5.02 Å².